The summed E-state index contributed by atoms with van der Waals surface area (Å²) in [6.07, 6.45) is 3.82. The summed E-state index contributed by atoms with van der Waals surface area (Å²) in [4.78, 5) is 35.9. The third-order valence-electron chi connectivity index (χ3n) is 6.16. The van der Waals surface area contributed by atoms with Crippen molar-refractivity contribution in [2.24, 2.45) is 5.73 Å². The van der Waals surface area contributed by atoms with Gasteiger partial charge in [0, 0.05) is 22.9 Å². The molecule has 3 aromatic carbocycles. The number of aliphatic carboxylic acids is 1. The Hall–Kier alpha value is -4.69. The summed E-state index contributed by atoms with van der Waals surface area (Å²) < 4.78 is 1.66. The number of carboxylic acids is 1. The quantitative estimate of drug-likeness (QED) is 0.321. The molecule has 0 spiro atoms. The summed E-state index contributed by atoms with van der Waals surface area (Å²) >= 11 is 6.19. The molecule has 0 bridgehead atoms. The molecule has 2 amide bonds. The topological polar surface area (TPSA) is 127 Å². The van der Waals surface area contributed by atoms with Crippen molar-refractivity contribution < 1.29 is 19.5 Å². The molecule has 1 aliphatic carbocycles. The average Bonchev–Trinajstić information content (AvgIpc) is 3.28. The Kier molecular flexibility index (Phi) is 6.33. The number of benzene rings is 3. The number of nitrogens with one attached hydrogen (secondary N) is 1. The van der Waals surface area contributed by atoms with Gasteiger partial charge in [-0.1, -0.05) is 41.9 Å². The number of aromatic nitrogens is 2. The van der Waals surface area contributed by atoms with Gasteiger partial charge in [-0.3, -0.25) is 9.59 Å². The van der Waals surface area contributed by atoms with Crippen LogP contribution in [0.15, 0.2) is 72.8 Å². The van der Waals surface area contributed by atoms with E-state index in [9.17, 15) is 14.4 Å². The van der Waals surface area contributed by atoms with E-state index in [-0.39, 0.29) is 11.6 Å². The first-order valence-corrected chi connectivity index (χ1v) is 11.8. The number of amides is 2. The van der Waals surface area contributed by atoms with Crippen molar-refractivity contribution in [1.29, 1.82) is 0 Å². The van der Waals surface area contributed by atoms with Crippen LogP contribution in [0.1, 0.15) is 37.5 Å². The summed E-state index contributed by atoms with van der Waals surface area (Å²) in [5.41, 5.74) is 11.5. The first-order chi connectivity index (χ1) is 17.8. The highest BCUT2D eigenvalue weighted by atomic mass is 35.5. The highest BCUT2D eigenvalue weighted by molar-refractivity contribution is 6.34. The van der Waals surface area contributed by atoms with E-state index in [0.717, 1.165) is 28.5 Å². The van der Waals surface area contributed by atoms with E-state index in [4.69, 9.17) is 22.4 Å². The predicted octanol–water partition coefficient (Wildman–Crippen LogP) is 4.74. The monoisotopic (exact) mass is 512 g/mol. The van der Waals surface area contributed by atoms with Crippen LogP contribution in [-0.2, 0) is 17.6 Å². The second kappa shape index (κ2) is 9.75. The fourth-order valence-electron chi connectivity index (χ4n) is 4.44. The molecule has 0 radical (unpaired) electrons. The van der Waals surface area contributed by atoms with Gasteiger partial charge in [-0.05, 0) is 66.4 Å². The van der Waals surface area contributed by atoms with Crippen molar-refractivity contribution in [3.63, 3.8) is 0 Å². The maximum absolute atomic E-state index is 12.8. The van der Waals surface area contributed by atoms with Crippen LogP contribution in [0.4, 0.5) is 5.69 Å². The molecular weight excluding hydrogens is 492 g/mol. The fraction of sp³-hybridized carbons (Fsp3) is 0.0714. The molecule has 0 atom stereocenters. The molecule has 184 valence electrons. The van der Waals surface area contributed by atoms with Gasteiger partial charge < -0.3 is 16.2 Å². The smallest absolute Gasteiger partial charge is 0.328 e. The molecule has 5 rings (SSSR count). The molecule has 0 fully saturated rings. The fourth-order valence-corrected chi connectivity index (χ4v) is 4.66. The largest absolute Gasteiger partial charge is 0.478 e. The van der Waals surface area contributed by atoms with Gasteiger partial charge in [0.2, 0.25) is 0 Å². The highest BCUT2D eigenvalue weighted by Crippen LogP contribution is 2.38. The van der Waals surface area contributed by atoms with Gasteiger partial charge in [-0.2, -0.15) is 5.10 Å². The lowest BCUT2D eigenvalue weighted by atomic mass is 9.88. The maximum Gasteiger partial charge on any atom is 0.328 e. The number of hydrogen-bond acceptors (Lipinski definition) is 4. The molecule has 0 saturated carbocycles. The first-order valence-electron chi connectivity index (χ1n) is 11.4. The van der Waals surface area contributed by atoms with Crippen molar-refractivity contribution in [3.8, 4) is 16.9 Å². The van der Waals surface area contributed by atoms with Crippen LogP contribution in [0.5, 0.6) is 0 Å². The number of primary amides is 1. The van der Waals surface area contributed by atoms with Crippen LogP contribution in [0, 0.1) is 0 Å². The molecule has 0 unspecified atom stereocenters. The van der Waals surface area contributed by atoms with Gasteiger partial charge in [0.1, 0.15) is 0 Å². The van der Waals surface area contributed by atoms with Gasteiger partial charge >= 0.3 is 5.97 Å². The van der Waals surface area contributed by atoms with Crippen molar-refractivity contribution >= 4 is 41.1 Å². The standard InChI is InChI=1S/C28H21ClN4O4/c29-23-4-2-1-3-20(23)28(37)31-18-10-8-17-9-13-21-25(27(30)36)32-33(26(21)22(17)15-18)19-11-5-16(6-12-19)7-14-24(34)35/h1-8,10-12,14-15H,9,13H2,(H2,30,36)(H,31,37)(H,34,35). The summed E-state index contributed by atoms with van der Waals surface area (Å²) in [6, 6.07) is 19.5. The van der Waals surface area contributed by atoms with Crippen LogP contribution in [0.2, 0.25) is 5.02 Å². The highest BCUT2D eigenvalue weighted by Gasteiger charge is 2.28. The lowest BCUT2D eigenvalue weighted by molar-refractivity contribution is -0.131. The van der Waals surface area contributed by atoms with Gasteiger partial charge in [-0.25, -0.2) is 9.48 Å². The Labute approximate surface area is 217 Å². The van der Waals surface area contributed by atoms with Gasteiger partial charge in [0.05, 0.1) is 22.0 Å². The molecule has 1 heterocycles. The van der Waals surface area contributed by atoms with Crippen LogP contribution >= 0.6 is 11.6 Å². The summed E-state index contributed by atoms with van der Waals surface area (Å²) in [5.74, 6) is -1.99. The average molecular weight is 513 g/mol. The minimum Gasteiger partial charge on any atom is -0.478 e. The Morgan fingerprint density at radius 1 is 1.03 bits per heavy atom. The zero-order valence-electron chi connectivity index (χ0n) is 19.4. The van der Waals surface area contributed by atoms with E-state index in [0.29, 0.717) is 40.4 Å². The number of aryl methyl sites for hydroxylation is 1. The van der Waals surface area contributed by atoms with Gasteiger partial charge in [0.15, 0.2) is 5.69 Å². The third kappa shape index (κ3) is 4.74. The molecule has 4 aromatic rings. The summed E-state index contributed by atoms with van der Waals surface area (Å²) in [6.45, 7) is 0. The summed E-state index contributed by atoms with van der Waals surface area (Å²) in [5, 5.41) is 16.7. The predicted molar refractivity (Wildman–Crippen MR) is 141 cm³/mol. The normalized spacial score (nSPS) is 12.1. The first kappa shape index (κ1) is 24.0. The van der Waals surface area contributed by atoms with Crippen LogP contribution in [-0.4, -0.2) is 32.7 Å². The number of halogens is 1. The van der Waals surface area contributed by atoms with E-state index in [2.05, 4.69) is 10.4 Å². The number of anilines is 1. The molecular formula is C28H21ClN4O4. The number of carboxylic acid groups (broad SMARTS) is 1. The molecule has 0 aliphatic heterocycles. The SMILES string of the molecule is NC(=O)c1nn(-c2ccc(C=CC(=O)O)cc2)c2c1CCc1ccc(NC(=O)c3ccccc3Cl)cc1-2. The van der Waals surface area contributed by atoms with E-state index in [1.807, 2.05) is 18.2 Å². The van der Waals surface area contributed by atoms with Crippen molar-refractivity contribution in [3.05, 3.63) is 106 Å². The van der Waals surface area contributed by atoms with Crippen molar-refractivity contribution in [2.45, 2.75) is 12.8 Å². The molecule has 37 heavy (non-hydrogen) atoms. The Morgan fingerprint density at radius 2 is 1.78 bits per heavy atom. The number of carbonyl (C=O) groups excluding carboxylic acids is 2. The molecule has 4 N–H and O–H groups in total. The van der Waals surface area contributed by atoms with E-state index < -0.39 is 11.9 Å². The molecule has 0 saturated heterocycles. The van der Waals surface area contributed by atoms with Crippen LogP contribution in [0.3, 0.4) is 0 Å². The van der Waals surface area contributed by atoms with Crippen LogP contribution < -0.4 is 11.1 Å². The Balaban J connectivity index is 1.57. The number of nitrogens with two attached hydrogens (primary N) is 1. The van der Waals surface area contributed by atoms with E-state index in [1.54, 1.807) is 53.2 Å². The zero-order valence-corrected chi connectivity index (χ0v) is 20.2. The third-order valence-corrected chi connectivity index (χ3v) is 6.49. The van der Waals surface area contributed by atoms with E-state index >= 15 is 0 Å². The maximum atomic E-state index is 12.8. The van der Waals surface area contributed by atoms with E-state index in [1.165, 1.54) is 6.08 Å². The molecule has 1 aliphatic rings. The number of fused-ring (bicyclic) bond motifs is 3. The lowest BCUT2D eigenvalue weighted by Gasteiger charge is -2.20. The Bertz CT molecular complexity index is 1590. The Morgan fingerprint density at radius 3 is 2.49 bits per heavy atom. The zero-order chi connectivity index (χ0) is 26.1. The van der Waals surface area contributed by atoms with Gasteiger partial charge in [0.25, 0.3) is 11.8 Å². The minimum absolute atomic E-state index is 0.195. The number of rotatable bonds is 6. The summed E-state index contributed by atoms with van der Waals surface area (Å²) in [7, 11) is 0. The van der Waals surface area contributed by atoms with Crippen molar-refractivity contribution in [1.82, 2.24) is 9.78 Å². The molecule has 1 aromatic heterocycles. The van der Waals surface area contributed by atoms with Crippen molar-refractivity contribution in [2.75, 3.05) is 5.32 Å². The lowest BCUT2D eigenvalue weighted by Crippen LogP contribution is -2.15. The minimum atomic E-state index is -1.04. The molecule has 9 heteroatoms. The number of nitrogens with zero attached hydrogens (tertiary/aromatic N) is 2. The van der Waals surface area contributed by atoms with Crippen LogP contribution in [0.25, 0.3) is 23.0 Å². The number of carbonyl (C=O) groups is 3. The number of hydrogen-bond donors (Lipinski definition) is 3. The van der Waals surface area contributed by atoms with Gasteiger partial charge in [-0.15, -0.1) is 0 Å². The molecule has 8 nitrogen and oxygen atoms in total. The second-order valence-electron chi connectivity index (χ2n) is 8.52. The second-order valence-corrected chi connectivity index (χ2v) is 8.93.